The molecule has 0 saturated heterocycles. The van der Waals surface area contributed by atoms with Gasteiger partial charge >= 0.3 is 12.1 Å². The molecule has 0 aliphatic carbocycles. The van der Waals surface area contributed by atoms with Crippen LogP contribution < -0.4 is 4.74 Å². The summed E-state index contributed by atoms with van der Waals surface area (Å²) in [5.41, 5.74) is -0.612. The zero-order valence-corrected chi connectivity index (χ0v) is 14.7. The second-order valence-electron chi connectivity index (χ2n) is 5.54. The number of esters is 1. The van der Waals surface area contributed by atoms with Gasteiger partial charge in [0.25, 0.3) is 0 Å². The molecule has 0 N–H and O–H groups in total. The molecular formula is C17H14BF3N2O4. The maximum absolute atomic E-state index is 13.0. The maximum atomic E-state index is 13.0. The van der Waals surface area contributed by atoms with Crippen molar-refractivity contribution in [1.82, 2.24) is 9.97 Å². The number of carbonyl (C=O) groups is 1. The molecule has 0 amide bonds. The molecule has 0 spiro atoms. The minimum Gasteiger partial charge on any atom is -0.494 e. The zero-order valence-electron chi connectivity index (χ0n) is 14.7. The Labute approximate surface area is 152 Å². The lowest BCUT2D eigenvalue weighted by Gasteiger charge is -2.11. The van der Waals surface area contributed by atoms with Gasteiger partial charge in [-0.1, -0.05) is 0 Å². The zero-order chi connectivity index (χ0) is 19.8. The molecule has 0 unspecified atom stereocenters. The van der Waals surface area contributed by atoms with Crippen molar-refractivity contribution in [2.24, 2.45) is 0 Å². The van der Waals surface area contributed by atoms with E-state index in [1.807, 2.05) is 0 Å². The number of fused-ring (bicyclic) bond motifs is 1. The van der Waals surface area contributed by atoms with Gasteiger partial charge in [-0.15, -0.1) is 0 Å². The third-order valence-corrected chi connectivity index (χ3v) is 3.96. The van der Waals surface area contributed by atoms with Crippen molar-refractivity contribution < 1.29 is 31.9 Å². The molecule has 0 aliphatic rings. The summed E-state index contributed by atoms with van der Waals surface area (Å²) in [6.45, 7) is 0. The van der Waals surface area contributed by atoms with E-state index in [4.69, 9.17) is 9.15 Å². The Bertz CT molecular complexity index is 1020. The lowest BCUT2D eigenvalue weighted by molar-refractivity contribution is -0.140. The third-order valence-electron chi connectivity index (χ3n) is 3.96. The van der Waals surface area contributed by atoms with Crippen molar-refractivity contribution >= 4 is 24.7 Å². The van der Waals surface area contributed by atoms with Gasteiger partial charge < -0.3 is 13.9 Å². The normalized spacial score (nSPS) is 11.6. The van der Waals surface area contributed by atoms with Crippen LogP contribution in [0.3, 0.4) is 0 Å². The predicted octanol–water partition coefficient (Wildman–Crippen LogP) is 2.84. The fourth-order valence-corrected chi connectivity index (χ4v) is 2.66. The van der Waals surface area contributed by atoms with Gasteiger partial charge in [-0.25, -0.2) is 14.8 Å². The molecule has 0 aliphatic heterocycles. The number of carbonyl (C=O) groups excluding carboxylic acids is 1. The average Bonchev–Trinajstić information content (AvgIpc) is 3.09. The smallest absolute Gasteiger partial charge is 0.433 e. The number of ether oxygens (including phenoxy) is 2. The topological polar surface area (TPSA) is 74.5 Å². The Hall–Kier alpha value is -3.04. The molecule has 10 heteroatoms. The van der Waals surface area contributed by atoms with E-state index in [0.717, 1.165) is 6.07 Å². The van der Waals surface area contributed by atoms with E-state index < -0.39 is 17.8 Å². The predicted molar refractivity (Wildman–Crippen MR) is 92.4 cm³/mol. The quantitative estimate of drug-likeness (QED) is 0.514. The van der Waals surface area contributed by atoms with Crippen molar-refractivity contribution in [3.05, 3.63) is 41.4 Å². The third kappa shape index (κ3) is 3.34. The van der Waals surface area contributed by atoms with Crippen LogP contribution in [0.25, 0.3) is 22.4 Å². The van der Waals surface area contributed by atoms with Gasteiger partial charge in [-0.3, -0.25) is 0 Å². The number of alkyl halides is 3. The highest BCUT2D eigenvalue weighted by Crippen LogP contribution is 2.36. The number of oxazole rings is 1. The highest BCUT2D eigenvalue weighted by atomic mass is 19.4. The molecule has 0 fully saturated rings. The van der Waals surface area contributed by atoms with Gasteiger partial charge in [-0.05, 0) is 30.6 Å². The first kappa shape index (κ1) is 18.7. The van der Waals surface area contributed by atoms with E-state index in [1.165, 1.54) is 26.4 Å². The largest absolute Gasteiger partial charge is 0.494 e. The number of nitrogens with zero attached hydrogens (tertiary/aromatic N) is 2. The molecule has 3 aromatic rings. The standard InChI is InChI=1S/C17H14BF3N2O4/c1-25-10-5-3-9(8-4-6-12(17(19,20)21)22-13(8)10)15-23-14(16(24)26-2)11(7-18)27-15/h3-6H,7,18H2,1-2H3. The second kappa shape index (κ2) is 6.94. The van der Waals surface area contributed by atoms with Gasteiger partial charge in [0, 0.05) is 10.9 Å². The number of rotatable bonds is 4. The highest BCUT2D eigenvalue weighted by molar-refractivity contribution is 6.09. The Morgan fingerprint density at radius 3 is 2.52 bits per heavy atom. The van der Waals surface area contributed by atoms with Crippen molar-refractivity contribution in [2.45, 2.75) is 12.5 Å². The summed E-state index contributed by atoms with van der Waals surface area (Å²) in [6, 6.07) is 5.20. The minimum absolute atomic E-state index is 0.0145. The molecule has 0 saturated carbocycles. The van der Waals surface area contributed by atoms with Gasteiger partial charge in [0.1, 0.15) is 30.6 Å². The van der Waals surface area contributed by atoms with E-state index >= 15 is 0 Å². The van der Waals surface area contributed by atoms with E-state index in [9.17, 15) is 18.0 Å². The average molecular weight is 378 g/mol. The first-order valence-electron chi connectivity index (χ1n) is 7.93. The monoisotopic (exact) mass is 378 g/mol. The Balaban J connectivity index is 2.24. The van der Waals surface area contributed by atoms with Gasteiger partial charge in [0.2, 0.25) is 5.89 Å². The van der Waals surface area contributed by atoms with Crippen LogP contribution in [0, 0.1) is 0 Å². The van der Waals surface area contributed by atoms with E-state index in [2.05, 4.69) is 14.7 Å². The van der Waals surface area contributed by atoms with Crippen LogP contribution in [-0.2, 0) is 17.2 Å². The number of benzene rings is 1. The molecule has 1 aromatic carbocycles. The molecule has 6 nitrogen and oxygen atoms in total. The Morgan fingerprint density at radius 2 is 1.93 bits per heavy atom. The Kier molecular flexibility index (Phi) is 4.82. The van der Waals surface area contributed by atoms with E-state index in [0.29, 0.717) is 23.0 Å². The lowest BCUT2D eigenvalue weighted by Crippen LogP contribution is -2.08. The van der Waals surface area contributed by atoms with Gasteiger partial charge in [-0.2, -0.15) is 13.2 Å². The second-order valence-corrected chi connectivity index (χ2v) is 5.54. The molecular weight excluding hydrogens is 364 g/mol. The lowest BCUT2D eigenvalue weighted by atomic mass is 10.0. The number of methoxy groups -OCH3 is 2. The summed E-state index contributed by atoms with van der Waals surface area (Å²) < 4.78 is 54.5. The maximum Gasteiger partial charge on any atom is 0.433 e. The fraction of sp³-hybridized carbons (Fsp3) is 0.235. The van der Waals surface area contributed by atoms with E-state index in [1.54, 1.807) is 13.9 Å². The minimum atomic E-state index is -4.59. The van der Waals surface area contributed by atoms with Crippen LogP contribution in [0.4, 0.5) is 13.2 Å². The number of hydrogen-bond acceptors (Lipinski definition) is 6. The van der Waals surface area contributed by atoms with Crippen LogP contribution in [0.15, 0.2) is 28.7 Å². The van der Waals surface area contributed by atoms with Gasteiger partial charge in [0.15, 0.2) is 5.69 Å². The summed E-state index contributed by atoms with van der Waals surface area (Å²) in [4.78, 5) is 19.7. The fourth-order valence-electron chi connectivity index (χ4n) is 2.66. The number of halogens is 3. The van der Waals surface area contributed by atoms with E-state index in [-0.39, 0.29) is 22.9 Å². The molecule has 2 heterocycles. The summed E-state index contributed by atoms with van der Waals surface area (Å²) in [6.07, 6.45) is -4.20. The first-order chi connectivity index (χ1) is 12.8. The first-order valence-corrected chi connectivity index (χ1v) is 7.93. The SMILES string of the molecule is BCc1oc(-c2ccc(OC)c3nc(C(F)(F)F)ccc23)nc1C(=O)OC. The molecule has 3 rings (SSSR count). The summed E-state index contributed by atoms with van der Waals surface area (Å²) in [5.74, 6) is -0.0744. The molecule has 27 heavy (non-hydrogen) atoms. The van der Waals surface area contributed by atoms with Gasteiger partial charge in [0.05, 0.1) is 14.2 Å². The summed E-state index contributed by atoms with van der Waals surface area (Å²) in [5, 5.41) is 0.350. The van der Waals surface area contributed by atoms with Crippen LogP contribution >= 0.6 is 0 Å². The Morgan fingerprint density at radius 1 is 1.19 bits per heavy atom. The molecule has 0 atom stereocenters. The van der Waals surface area contributed by atoms with Crippen molar-refractivity contribution in [2.75, 3.05) is 14.2 Å². The molecule has 2 aromatic heterocycles. The highest BCUT2D eigenvalue weighted by Gasteiger charge is 2.33. The van der Waals surface area contributed by atoms with Crippen molar-refractivity contribution in [3.8, 4) is 17.2 Å². The molecule has 0 bridgehead atoms. The summed E-state index contributed by atoms with van der Waals surface area (Å²) in [7, 11) is 4.34. The van der Waals surface area contributed by atoms with Crippen LogP contribution in [0.2, 0.25) is 0 Å². The number of pyridine rings is 1. The van der Waals surface area contributed by atoms with Crippen LogP contribution in [0.1, 0.15) is 21.9 Å². The van der Waals surface area contributed by atoms with Crippen molar-refractivity contribution in [1.29, 1.82) is 0 Å². The molecule has 0 radical (unpaired) electrons. The van der Waals surface area contributed by atoms with Crippen LogP contribution in [-0.4, -0.2) is 38.0 Å². The van der Waals surface area contributed by atoms with Crippen molar-refractivity contribution in [3.63, 3.8) is 0 Å². The number of aromatic nitrogens is 2. The molecule has 140 valence electrons. The summed E-state index contributed by atoms with van der Waals surface area (Å²) >= 11 is 0. The number of hydrogen-bond donors (Lipinski definition) is 0. The van der Waals surface area contributed by atoms with Crippen LogP contribution in [0.5, 0.6) is 5.75 Å².